The van der Waals surface area contributed by atoms with E-state index < -0.39 is 0 Å². The van der Waals surface area contributed by atoms with Crippen molar-refractivity contribution in [2.75, 3.05) is 27.0 Å². The highest BCUT2D eigenvalue weighted by molar-refractivity contribution is 8.00. The molecule has 0 bridgehead atoms. The van der Waals surface area contributed by atoms with E-state index >= 15 is 0 Å². The summed E-state index contributed by atoms with van der Waals surface area (Å²) < 4.78 is 11.1. The number of benzene rings is 1. The molecule has 0 aromatic heterocycles. The van der Waals surface area contributed by atoms with Crippen molar-refractivity contribution < 1.29 is 9.47 Å². The molecule has 0 amide bonds. The molecule has 20 heavy (non-hydrogen) atoms. The molecule has 112 valence electrons. The molecule has 0 aliphatic heterocycles. The third-order valence-electron chi connectivity index (χ3n) is 4.14. The van der Waals surface area contributed by atoms with Gasteiger partial charge in [0.15, 0.2) is 0 Å². The maximum Gasteiger partial charge on any atom is 0.122 e. The standard InChI is InChI=1S/C16H25NO2S/c1-18-14-8-13(9-15(10-14)19-2)11-17-12-16(20-3)6-4-5-7-16/h8-10,17H,4-7,11-12H2,1-3H3. The summed E-state index contributed by atoms with van der Waals surface area (Å²) in [5, 5.41) is 3.61. The Balaban J connectivity index is 1.93. The average molecular weight is 295 g/mol. The van der Waals surface area contributed by atoms with E-state index in [1.807, 2.05) is 17.8 Å². The highest BCUT2D eigenvalue weighted by atomic mass is 32.2. The fourth-order valence-electron chi connectivity index (χ4n) is 2.88. The predicted molar refractivity (Wildman–Crippen MR) is 86.0 cm³/mol. The minimum Gasteiger partial charge on any atom is -0.497 e. The van der Waals surface area contributed by atoms with Crippen LogP contribution in [0.15, 0.2) is 18.2 Å². The smallest absolute Gasteiger partial charge is 0.122 e. The van der Waals surface area contributed by atoms with Gasteiger partial charge in [0, 0.05) is 23.9 Å². The van der Waals surface area contributed by atoms with Gasteiger partial charge in [-0.3, -0.25) is 0 Å². The minimum atomic E-state index is 0.447. The molecule has 4 heteroatoms. The Labute approximate surface area is 126 Å². The average Bonchev–Trinajstić information content (AvgIpc) is 2.96. The normalized spacial score (nSPS) is 17.1. The molecule has 0 spiro atoms. The van der Waals surface area contributed by atoms with Crippen LogP contribution in [-0.4, -0.2) is 31.8 Å². The third-order valence-corrected chi connectivity index (χ3v) is 5.55. The van der Waals surface area contributed by atoms with Crippen LogP contribution < -0.4 is 14.8 Å². The van der Waals surface area contributed by atoms with Crippen LogP contribution in [0.1, 0.15) is 31.2 Å². The fourth-order valence-corrected chi connectivity index (χ4v) is 3.82. The van der Waals surface area contributed by atoms with E-state index in [9.17, 15) is 0 Å². The largest absolute Gasteiger partial charge is 0.497 e. The number of nitrogens with one attached hydrogen (secondary N) is 1. The van der Waals surface area contributed by atoms with E-state index in [1.54, 1.807) is 14.2 Å². The lowest BCUT2D eigenvalue weighted by molar-refractivity contribution is 0.393. The molecule has 1 aromatic carbocycles. The van der Waals surface area contributed by atoms with E-state index in [-0.39, 0.29) is 0 Å². The Morgan fingerprint density at radius 3 is 2.20 bits per heavy atom. The minimum absolute atomic E-state index is 0.447. The molecule has 1 aliphatic carbocycles. The zero-order chi connectivity index (χ0) is 14.4. The van der Waals surface area contributed by atoms with Crippen molar-refractivity contribution in [2.45, 2.75) is 37.0 Å². The molecule has 0 unspecified atom stereocenters. The maximum absolute atomic E-state index is 5.31. The first-order chi connectivity index (χ1) is 9.71. The lowest BCUT2D eigenvalue weighted by atomic mass is 10.1. The van der Waals surface area contributed by atoms with Gasteiger partial charge in [-0.25, -0.2) is 0 Å². The SMILES string of the molecule is COc1cc(CNCC2(SC)CCCC2)cc(OC)c1. The van der Waals surface area contributed by atoms with Gasteiger partial charge in [-0.2, -0.15) is 11.8 Å². The molecule has 0 heterocycles. The molecular weight excluding hydrogens is 270 g/mol. The molecule has 0 saturated heterocycles. The number of hydrogen-bond acceptors (Lipinski definition) is 4. The number of methoxy groups -OCH3 is 2. The van der Waals surface area contributed by atoms with Gasteiger partial charge in [-0.1, -0.05) is 12.8 Å². The van der Waals surface area contributed by atoms with E-state index in [2.05, 4.69) is 23.7 Å². The Hall–Kier alpha value is -0.870. The molecule has 0 atom stereocenters. The van der Waals surface area contributed by atoms with Crippen LogP contribution in [0.25, 0.3) is 0 Å². The van der Waals surface area contributed by atoms with Crippen molar-refractivity contribution >= 4 is 11.8 Å². The zero-order valence-corrected chi connectivity index (χ0v) is 13.5. The molecule has 1 N–H and O–H groups in total. The summed E-state index contributed by atoms with van der Waals surface area (Å²) in [6.07, 6.45) is 7.65. The molecule has 3 nitrogen and oxygen atoms in total. The van der Waals surface area contributed by atoms with E-state index in [0.29, 0.717) is 4.75 Å². The van der Waals surface area contributed by atoms with Crippen molar-refractivity contribution in [3.05, 3.63) is 23.8 Å². The first kappa shape index (κ1) is 15.5. The van der Waals surface area contributed by atoms with Crippen LogP contribution in [0, 0.1) is 0 Å². The van der Waals surface area contributed by atoms with Crippen molar-refractivity contribution in [2.24, 2.45) is 0 Å². The van der Waals surface area contributed by atoms with Crippen molar-refractivity contribution in [1.29, 1.82) is 0 Å². The van der Waals surface area contributed by atoms with E-state index in [0.717, 1.165) is 24.6 Å². The lowest BCUT2D eigenvalue weighted by Gasteiger charge is -2.27. The summed E-state index contributed by atoms with van der Waals surface area (Å²) in [5.74, 6) is 1.70. The van der Waals surface area contributed by atoms with Gasteiger partial charge in [-0.15, -0.1) is 0 Å². The summed E-state index contributed by atoms with van der Waals surface area (Å²) in [4.78, 5) is 0. The third kappa shape index (κ3) is 3.83. The molecule has 1 saturated carbocycles. The molecule has 1 aliphatic rings. The molecule has 1 fully saturated rings. The van der Waals surface area contributed by atoms with Crippen LogP contribution in [-0.2, 0) is 6.54 Å². The second kappa shape index (κ2) is 7.23. The van der Waals surface area contributed by atoms with Gasteiger partial charge in [0.05, 0.1) is 14.2 Å². The van der Waals surface area contributed by atoms with Crippen molar-refractivity contribution in [3.8, 4) is 11.5 Å². The van der Waals surface area contributed by atoms with Crippen LogP contribution in [0.2, 0.25) is 0 Å². The lowest BCUT2D eigenvalue weighted by Crippen LogP contribution is -2.34. The quantitative estimate of drug-likeness (QED) is 0.834. The first-order valence-electron chi connectivity index (χ1n) is 7.19. The van der Waals surface area contributed by atoms with Crippen LogP contribution in [0.4, 0.5) is 0 Å². The second-order valence-electron chi connectivity index (χ2n) is 5.42. The topological polar surface area (TPSA) is 30.5 Å². The van der Waals surface area contributed by atoms with Gasteiger partial charge in [0.25, 0.3) is 0 Å². The monoisotopic (exact) mass is 295 g/mol. The summed E-state index contributed by atoms with van der Waals surface area (Å²) >= 11 is 2.02. The fraction of sp³-hybridized carbons (Fsp3) is 0.625. The van der Waals surface area contributed by atoms with Gasteiger partial charge < -0.3 is 14.8 Å². The molecule has 2 rings (SSSR count). The second-order valence-corrected chi connectivity index (χ2v) is 6.69. The number of thioether (sulfide) groups is 1. The van der Waals surface area contributed by atoms with E-state index in [1.165, 1.54) is 31.2 Å². The van der Waals surface area contributed by atoms with Gasteiger partial charge in [0.2, 0.25) is 0 Å². The van der Waals surface area contributed by atoms with Crippen molar-refractivity contribution in [1.82, 2.24) is 5.32 Å². The number of hydrogen-bond donors (Lipinski definition) is 1. The summed E-state index contributed by atoms with van der Waals surface area (Å²) in [6, 6.07) is 6.04. The van der Waals surface area contributed by atoms with Crippen LogP contribution in [0.5, 0.6) is 11.5 Å². The highest BCUT2D eigenvalue weighted by Gasteiger charge is 2.32. The van der Waals surface area contributed by atoms with Gasteiger partial charge >= 0.3 is 0 Å². The summed E-state index contributed by atoms with van der Waals surface area (Å²) in [7, 11) is 3.38. The summed E-state index contributed by atoms with van der Waals surface area (Å²) in [6.45, 7) is 1.93. The molecule has 1 aromatic rings. The van der Waals surface area contributed by atoms with Gasteiger partial charge in [0.1, 0.15) is 11.5 Å². The number of ether oxygens (including phenoxy) is 2. The first-order valence-corrected chi connectivity index (χ1v) is 8.42. The Bertz CT molecular complexity index is 408. The summed E-state index contributed by atoms with van der Waals surface area (Å²) in [5.41, 5.74) is 1.20. The number of rotatable bonds is 7. The van der Waals surface area contributed by atoms with Gasteiger partial charge in [-0.05, 0) is 36.8 Å². The van der Waals surface area contributed by atoms with Crippen LogP contribution >= 0.6 is 11.8 Å². The van der Waals surface area contributed by atoms with Crippen LogP contribution in [0.3, 0.4) is 0 Å². The zero-order valence-electron chi connectivity index (χ0n) is 12.7. The molecular formula is C16H25NO2S. The van der Waals surface area contributed by atoms with Crippen molar-refractivity contribution in [3.63, 3.8) is 0 Å². The molecule has 0 radical (unpaired) electrons. The Morgan fingerprint density at radius 2 is 1.70 bits per heavy atom. The predicted octanol–water partition coefficient (Wildman–Crippen LogP) is 3.47. The van der Waals surface area contributed by atoms with E-state index in [4.69, 9.17) is 9.47 Å². The Kier molecular flexibility index (Phi) is 5.61. The maximum atomic E-state index is 5.31. The Morgan fingerprint density at radius 1 is 1.10 bits per heavy atom. The highest BCUT2D eigenvalue weighted by Crippen LogP contribution is 2.39.